The maximum absolute atomic E-state index is 15.2. The summed E-state index contributed by atoms with van der Waals surface area (Å²) in [6.45, 7) is 0.429. The number of halogens is 1. The first kappa shape index (κ1) is 20.4. The summed E-state index contributed by atoms with van der Waals surface area (Å²) in [5.74, 6) is 1.57. The topological polar surface area (TPSA) is 94.9 Å². The van der Waals surface area contributed by atoms with Crippen molar-refractivity contribution in [2.75, 3.05) is 18.9 Å². The molecule has 3 N–H and O–H groups in total. The van der Waals surface area contributed by atoms with Gasteiger partial charge in [-0.2, -0.15) is 0 Å². The Labute approximate surface area is 184 Å². The van der Waals surface area contributed by atoms with Crippen molar-refractivity contribution < 1.29 is 19.0 Å². The number of benzene rings is 2. The second kappa shape index (κ2) is 8.57. The average molecular weight is 434 g/mol. The first-order chi connectivity index (χ1) is 15.6. The lowest BCUT2D eigenvalue weighted by atomic mass is 9.98. The quantitative estimate of drug-likeness (QED) is 0.490. The van der Waals surface area contributed by atoms with Gasteiger partial charge in [-0.1, -0.05) is 18.2 Å². The summed E-state index contributed by atoms with van der Waals surface area (Å²) in [7, 11) is 0. The molecule has 1 aliphatic rings. The fourth-order valence-corrected chi connectivity index (χ4v) is 4.09. The van der Waals surface area contributed by atoms with Gasteiger partial charge in [0, 0.05) is 29.9 Å². The third-order valence-electron chi connectivity index (χ3n) is 5.72. The van der Waals surface area contributed by atoms with Crippen molar-refractivity contribution >= 4 is 11.3 Å². The van der Waals surface area contributed by atoms with Gasteiger partial charge in [0.25, 0.3) is 0 Å². The van der Waals surface area contributed by atoms with Crippen molar-refractivity contribution in [2.45, 2.75) is 24.9 Å². The minimum atomic E-state index is -0.464. The maximum Gasteiger partial charge on any atom is 0.150 e. The predicted molar refractivity (Wildman–Crippen MR) is 118 cm³/mol. The highest BCUT2D eigenvalue weighted by molar-refractivity contribution is 5.85. The van der Waals surface area contributed by atoms with Crippen LogP contribution in [-0.4, -0.2) is 38.8 Å². The maximum atomic E-state index is 15.2. The summed E-state index contributed by atoms with van der Waals surface area (Å²) in [6, 6.07) is 13.9. The Balaban J connectivity index is 1.53. The zero-order valence-electron chi connectivity index (χ0n) is 17.3. The largest absolute Gasteiger partial charge is 0.457 e. The van der Waals surface area contributed by atoms with Crippen LogP contribution in [0.3, 0.4) is 0 Å². The molecule has 0 spiro atoms. The third kappa shape index (κ3) is 3.79. The number of fused-ring (bicyclic) bond motifs is 1. The molecule has 5 rings (SSSR count). The Bertz CT molecular complexity index is 1240. The summed E-state index contributed by atoms with van der Waals surface area (Å²) in [6.07, 6.45) is 4.76. The van der Waals surface area contributed by atoms with Gasteiger partial charge in [0.15, 0.2) is 0 Å². The molecule has 0 aliphatic carbocycles. The summed E-state index contributed by atoms with van der Waals surface area (Å²) >= 11 is 0. The van der Waals surface area contributed by atoms with E-state index < -0.39 is 5.82 Å². The fraction of sp³-hybridized carbons (Fsp3) is 0.250. The monoisotopic (exact) mass is 434 g/mol. The molecule has 2 aromatic carbocycles. The summed E-state index contributed by atoms with van der Waals surface area (Å²) in [4.78, 5) is 8.97. The van der Waals surface area contributed by atoms with Gasteiger partial charge >= 0.3 is 0 Å². The van der Waals surface area contributed by atoms with Crippen LogP contribution in [0.5, 0.6) is 11.5 Å². The molecule has 3 heterocycles. The molecule has 1 aliphatic heterocycles. The van der Waals surface area contributed by atoms with E-state index in [0.29, 0.717) is 34.9 Å². The number of aliphatic hydroxyl groups is 1. The van der Waals surface area contributed by atoms with Gasteiger partial charge in [-0.15, -0.1) is 0 Å². The number of hydrogen-bond donors (Lipinski definition) is 2. The van der Waals surface area contributed by atoms with Gasteiger partial charge in [0.1, 0.15) is 40.2 Å². The van der Waals surface area contributed by atoms with Crippen LogP contribution in [-0.2, 0) is 4.74 Å². The van der Waals surface area contributed by atoms with Crippen molar-refractivity contribution in [3.8, 4) is 22.8 Å². The van der Waals surface area contributed by atoms with Crippen LogP contribution < -0.4 is 10.5 Å². The summed E-state index contributed by atoms with van der Waals surface area (Å²) in [5, 5.41) is 9.33. The molecule has 1 saturated heterocycles. The number of nitrogen functional groups attached to an aromatic ring is 1. The van der Waals surface area contributed by atoms with Crippen LogP contribution in [0.2, 0.25) is 0 Å². The zero-order chi connectivity index (χ0) is 22.1. The number of rotatable bonds is 5. The minimum absolute atomic E-state index is 0.000217. The smallest absolute Gasteiger partial charge is 0.150 e. The Morgan fingerprint density at radius 1 is 1.16 bits per heavy atom. The summed E-state index contributed by atoms with van der Waals surface area (Å²) < 4.78 is 28.5. The number of para-hydroxylation sites is 1. The number of aromatic nitrogens is 3. The van der Waals surface area contributed by atoms with Crippen LogP contribution >= 0.6 is 0 Å². The van der Waals surface area contributed by atoms with Crippen molar-refractivity contribution in [1.29, 1.82) is 0 Å². The van der Waals surface area contributed by atoms with E-state index in [0.717, 1.165) is 18.7 Å². The van der Waals surface area contributed by atoms with Crippen molar-refractivity contribution in [1.82, 2.24) is 14.4 Å². The molecular weight excluding hydrogens is 411 g/mol. The Kier molecular flexibility index (Phi) is 5.46. The van der Waals surface area contributed by atoms with E-state index in [9.17, 15) is 5.11 Å². The van der Waals surface area contributed by atoms with E-state index in [1.54, 1.807) is 36.7 Å². The molecule has 0 radical (unpaired) electrons. The molecule has 8 heteroatoms. The van der Waals surface area contributed by atoms with Gasteiger partial charge in [-0.3, -0.25) is 4.40 Å². The van der Waals surface area contributed by atoms with E-state index in [-0.39, 0.29) is 24.4 Å². The molecular formula is C24H23FN4O3. The Hall–Kier alpha value is -3.49. The molecule has 0 amide bonds. The third-order valence-corrected chi connectivity index (χ3v) is 5.72. The van der Waals surface area contributed by atoms with E-state index in [2.05, 4.69) is 4.98 Å². The standard InChI is InChI=1S/C24H23FN4O3/c25-20-12-17(32-16-4-2-1-3-5-16)8-9-19(20)21-22-23(26)27-10-11-29(22)24(28-21)15-6-7-18(13-30)31-14-15/h1-5,8-12,15,18,30H,6-7,13-14H2,(H2,26,27)/t15-,18-/m1/s1. The average Bonchev–Trinajstić information content (AvgIpc) is 3.21. The van der Waals surface area contributed by atoms with Crippen molar-refractivity contribution in [2.24, 2.45) is 0 Å². The van der Waals surface area contributed by atoms with Gasteiger partial charge in [0.05, 0.1) is 19.3 Å². The second-order valence-corrected chi connectivity index (χ2v) is 7.82. The number of anilines is 1. The van der Waals surface area contributed by atoms with Crippen LogP contribution in [0.4, 0.5) is 10.2 Å². The lowest BCUT2D eigenvalue weighted by Gasteiger charge is -2.27. The number of aliphatic hydroxyl groups excluding tert-OH is 1. The molecule has 0 unspecified atom stereocenters. The van der Waals surface area contributed by atoms with E-state index in [1.807, 2.05) is 22.6 Å². The molecule has 2 atom stereocenters. The number of nitrogens with two attached hydrogens (primary N) is 1. The molecule has 0 bridgehead atoms. The second-order valence-electron chi connectivity index (χ2n) is 7.82. The highest BCUT2D eigenvalue weighted by Crippen LogP contribution is 2.36. The van der Waals surface area contributed by atoms with E-state index in [4.69, 9.17) is 20.2 Å². The number of ether oxygens (including phenoxy) is 2. The Morgan fingerprint density at radius 3 is 2.72 bits per heavy atom. The molecule has 164 valence electrons. The van der Waals surface area contributed by atoms with Crippen molar-refractivity contribution in [3.05, 3.63) is 72.6 Å². The first-order valence-electron chi connectivity index (χ1n) is 10.5. The van der Waals surface area contributed by atoms with E-state index in [1.165, 1.54) is 6.07 Å². The van der Waals surface area contributed by atoms with Gasteiger partial charge in [-0.25, -0.2) is 14.4 Å². The molecule has 1 fully saturated rings. The predicted octanol–water partition coefficient (Wildman–Crippen LogP) is 4.16. The first-order valence-corrected chi connectivity index (χ1v) is 10.5. The summed E-state index contributed by atoms with van der Waals surface area (Å²) in [5.41, 5.74) is 7.49. The number of nitrogens with zero attached hydrogens (tertiary/aromatic N) is 3. The minimum Gasteiger partial charge on any atom is -0.457 e. The molecule has 0 saturated carbocycles. The van der Waals surface area contributed by atoms with Gasteiger partial charge in [0.2, 0.25) is 0 Å². The highest BCUT2D eigenvalue weighted by atomic mass is 19.1. The molecule has 7 nitrogen and oxygen atoms in total. The zero-order valence-corrected chi connectivity index (χ0v) is 17.3. The normalized spacial score (nSPS) is 18.7. The molecule has 32 heavy (non-hydrogen) atoms. The molecule has 2 aromatic heterocycles. The number of imidazole rings is 1. The van der Waals surface area contributed by atoms with E-state index >= 15 is 4.39 Å². The number of hydrogen-bond acceptors (Lipinski definition) is 6. The van der Waals surface area contributed by atoms with Crippen LogP contribution in [0, 0.1) is 5.82 Å². The fourth-order valence-electron chi connectivity index (χ4n) is 4.09. The van der Waals surface area contributed by atoms with Crippen molar-refractivity contribution in [3.63, 3.8) is 0 Å². The molecule has 4 aromatic rings. The highest BCUT2D eigenvalue weighted by Gasteiger charge is 2.28. The van der Waals surface area contributed by atoms with Crippen LogP contribution in [0.15, 0.2) is 60.9 Å². The lowest BCUT2D eigenvalue weighted by Crippen LogP contribution is -2.28. The van der Waals surface area contributed by atoms with Crippen LogP contribution in [0.25, 0.3) is 16.8 Å². The SMILES string of the molecule is Nc1nccn2c([C@@H]3CC[C@H](CO)OC3)nc(-c3ccc(Oc4ccccc4)cc3F)c12. The lowest BCUT2D eigenvalue weighted by molar-refractivity contribution is -0.0282. The van der Waals surface area contributed by atoms with Gasteiger partial charge in [-0.05, 0) is 37.1 Å². The Morgan fingerprint density at radius 2 is 2.00 bits per heavy atom. The van der Waals surface area contributed by atoms with Crippen LogP contribution in [0.1, 0.15) is 24.6 Å². The van der Waals surface area contributed by atoms with Gasteiger partial charge < -0.3 is 20.3 Å².